The summed E-state index contributed by atoms with van der Waals surface area (Å²) in [5.74, 6) is 0. The monoisotopic (exact) mass is 237 g/mol. The maximum atomic E-state index is 8.20. The quantitative estimate of drug-likeness (QED) is 0.319. The second-order valence-corrected chi connectivity index (χ2v) is 5.12. The molecule has 0 aromatic heterocycles. The first kappa shape index (κ1) is 12.7. The van der Waals surface area contributed by atoms with Crippen LogP contribution in [0.2, 0.25) is 0 Å². The average molecular weight is 237 g/mol. The third-order valence-electron chi connectivity index (χ3n) is 4.04. The number of piperazine rings is 1. The third kappa shape index (κ3) is 3.87. The van der Waals surface area contributed by atoms with Gasteiger partial charge in [-0.3, -0.25) is 4.90 Å². The van der Waals surface area contributed by atoms with Crippen LogP contribution < -0.4 is 0 Å². The van der Waals surface area contributed by atoms with Crippen molar-refractivity contribution in [1.82, 2.24) is 9.80 Å². The summed E-state index contributed by atoms with van der Waals surface area (Å²) in [6.45, 7) is 6.55. The first-order valence-electron chi connectivity index (χ1n) is 6.87. The summed E-state index contributed by atoms with van der Waals surface area (Å²) >= 11 is 0. The number of hydrogen-bond donors (Lipinski definition) is 0. The zero-order valence-corrected chi connectivity index (χ0v) is 10.6. The molecule has 1 saturated heterocycles. The molecule has 2 aliphatic rings. The number of hydrogen-bond acceptors (Lipinski definition) is 3. The molecule has 5 nitrogen and oxygen atoms in total. The topological polar surface area (TPSA) is 55.2 Å². The first-order chi connectivity index (χ1) is 8.40. The van der Waals surface area contributed by atoms with Gasteiger partial charge in [0.15, 0.2) is 0 Å². The van der Waals surface area contributed by atoms with Crippen molar-refractivity contribution in [3.63, 3.8) is 0 Å². The molecule has 0 atom stereocenters. The van der Waals surface area contributed by atoms with E-state index in [1.807, 2.05) is 0 Å². The fraction of sp³-hybridized carbons (Fsp3) is 1.00. The van der Waals surface area contributed by atoms with Gasteiger partial charge in [-0.25, -0.2) is 0 Å². The van der Waals surface area contributed by atoms with Crippen molar-refractivity contribution in [1.29, 1.82) is 0 Å². The van der Waals surface area contributed by atoms with Crippen LogP contribution in [0.4, 0.5) is 0 Å². The highest BCUT2D eigenvalue weighted by Gasteiger charge is 2.25. The van der Waals surface area contributed by atoms with Crippen molar-refractivity contribution < 1.29 is 0 Å². The van der Waals surface area contributed by atoms with E-state index in [4.69, 9.17) is 5.53 Å². The molecule has 5 heteroatoms. The molecule has 0 radical (unpaired) electrons. The molecule has 2 rings (SSSR count). The lowest BCUT2D eigenvalue weighted by molar-refractivity contribution is 0.0976. The van der Waals surface area contributed by atoms with E-state index in [9.17, 15) is 0 Å². The number of nitrogens with zero attached hydrogens (tertiary/aromatic N) is 5. The summed E-state index contributed by atoms with van der Waals surface area (Å²) in [7, 11) is 0. The van der Waals surface area contributed by atoms with E-state index in [1.165, 1.54) is 51.9 Å². The maximum Gasteiger partial charge on any atom is 0.0270 e. The number of azide groups is 1. The Bertz CT molecular complexity index is 260. The molecule has 96 valence electrons. The van der Waals surface area contributed by atoms with Crippen LogP contribution in [0.1, 0.15) is 32.1 Å². The second kappa shape index (κ2) is 6.84. The summed E-state index contributed by atoms with van der Waals surface area (Å²) in [6.07, 6.45) is 6.68. The minimum Gasteiger partial charge on any atom is -0.301 e. The molecule has 0 spiro atoms. The summed E-state index contributed by atoms with van der Waals surface area (Å²) < 4.78 is 0. The van der Waals surface area contributed by atoms with Gasteiger partial charge >= 0.3 is 0 Å². The van der Waals surface area contributed by atoms with Crippen LogP contribution in [0.5, 0.6) is 0 Å². The third-order valence-corrected chi connectivity index (χ3v) is 4.04. The zero-order valence-electron chi connectivity index (χ0n) is 10.6. The van der Waals surface area contributed by atoms with Crippen molar-refractivity contribution in [3.05, 3.63) is 10.4 Å². The number of rotatable bonds is 5. The predicted molar refractivity (Wildman–Crippen MR) is 68.9 cm³/mol. The van der Waals surface area contributed by atoms with E-state index in [0.29, 0.717) is 6.54 Å². The first-order valence-corrected chi connectivity index (χ1v) is 6.87. The summed E-state index contributed by atoms with van der Waals surface area (Å²) in [4.78, 5) is 7.96. The van der Waals surface area contributed by atoms with Crippen LogP contribution in [0.25, 0.3) is 10.4 Å². The SMILES string of the molecule is [N-]=[N+]=NCCCN1CCN(C2CCCC2)CC1. The Morgan fingerprint density at radius 2 is 1.82 bits per heavy atom. The summed E-state index contributed by atoms with van der Waals surface area (Å²) in [5.41, 5.74) is 8.20. The fourth-order valence-corrected chi connectivity index (χ4v) is 3.03. The highest BCUT2D eigenvalue weighted by atomic mass is 15.3. The normalized spacial score (nSPS) is 23.8. The lowest BCUT2D eigenvalue weighted by atomic mass is 10.2. The molecule has 0 bridgehead atoms. The van der Waals surface area contributed by atoms with Gasteiger partial charge in [0, 0.05) is 43.7 Å². The Kier molecular flexibility index (Phi) is 5.10. The highest BCUT2D eigenvalue weighted by molar-refractivity contribution is 4.81. The van der Waals surface area contributed by atoms with Gasteiger partial charge in [-0.1, -0.05) is 18.0 Å². The van der Waals surface area contributed by atoms with E-state index >= 15 is 0 Å². The van der Waals surface area contributed by atoms with Crippen molar-refractivity contribution in [2.24, 2.45) is 5.11 Å². The van der Waals surface area contributed by atoms with Gasteiger partial charge in [-0.05, 0) is 31.3 Å². The molecule has 17 heavy (non-hydrogen) atoms. The zero-order chi connectivity index (χ0) is 11.9. The van der Waals surface area contributed by atoms with Gasteiger partial charge in [0.1, 0.15) is 0 Å². The van der Waals surface area contributed by atoms with E-state index < -0.39 is 0 Å². The molecule has 0 unspecified atom stereocenters. The van der Waals surface area contributed by atoms with Crippen molar-refractivity contribution in [3.8, 4) is 0 Å². The Morgan fingerprint density at radius 1 is 1.12 bits per heavy atom. The van der Waals surface area contributed by atoms with Crippen molar-refractivity contribution in [2.45, 2.75) is 38.1 Å². The molecule has 1 aliphatic carbocycles. The fourth-order valence-electron chi connectivity index (χ4n) is 3.03. The molecule has 2 fully saturated rings. The molecule has 0 amide bonds. The van der Waals surface area contributed by atoms with Crippen LogP contribution in [0.3, 0.4) is 0 Å². The molecular weight excluding hydrogens is 214 g/mol. The molecule has 0 N–H and O–H groups in total. The van der Waals surface area contributed by atoms with Crippen LogP contribution in [0, 0.1) is 0 Å². The Morgan fingerprint density at radius 3 is 2.47 bits per heavy atom. The van der Waals surface area contributed by atoms with Crippen LogP contribution in [0.15, 0.2) is 5.11 Å². The van der Waals surface area contributed by atoms with Gasteiger partial charge in [0.2, 0.25) is 0 Å². The summed E-state index contributed by atoms with van der Waals surface area (Å²) in [5, 5.41) is 3.58. The van der Waals surface area contributed by atoms with Crippen molar-refractivity contribution in [2.75, 3.05) is 39.3 Å². The lowest BCUT2D eigenvalue weighted by Gasteiger charge is -2.38. The van der Waals surface area contributed by atoms with Gasteiger partial charge < -0.3 is 4.90 Å². The van der Waals surface area contributed by atoms with Gasteiger partial charge in [0.25, 0.3) is 0 Å². The van der Waals surface area contributed by atoms with E-state index in [-0.39, 0.29) is 0 Å². The Labute approximate surface area is 103 Å². The predicted octanol–water partition coefficient (Wildman–Crippen LogP) is 2.25. The minimum atomic E-state index is 0.638. The Balaban J connectivity index is 1.61. The molecule has 0 aromatic carbocycles. The Hall–Kier alpha value is -0.770. The molecule has 1 saturated carbocycles. The maximum absolute atomic E-state index is 8.20. The largest absolute Gasteiger partial charge is 0.301 e. The van der Waals surface area contributed by atoms with Gasteiger partial charge in [0.05, 0.1) is 0 Å². The summed E-state index contributed by atoms with van der Waals surface area (Å²) in [6, 6.07) is 0.875. The molecule has 1 heterocycles. The molecular formula is C12H23N5. The van der Waals surface area contributed by atoms with E-state index in [2.05, 4.69) is 19.8 Å². The van der Waals surface area contributed by atoms with E-state index in [0.717, 1.165) is 19.0 Å². The van der Waals surface area contributed by atoms with Gasteiger partial charge in [-0.2, -0.15) is 0 Å². The molecule has 0 aromatic rings. The van der Waals surface area contributed by atoms with Crippen LogP contribution in [-0.2, 0) is 0 Å². The van der Waals surface area contributed by atoms with Gasteiger partial charge in [-0.15, -0.1) is 0 Å². The minimum absolute atomic E-state index is 0.638. The average Bonchev–Trinajstić information content (AvgIpc) is 2.89. The van der Waals surface area contributed by atoms with Crippen LogP contribution in [-0.4, -0.2) is 55.1 Å². The smallest absolute Gasteiger partial charge is 0.0270 e. The second-order valence-electron chi connectivity index (χ2n) is 5.12. The standard InChI is InChI=1S/C12H23N5/c13-15-14-6-3-7-16-8-10-17(11-9-16)12-4-1-2-5-12/h12H,1-11H2. The lowest BCUT2D eigenvalue weighted by Crippen LogP contribution is -2.49. The van der Waals surface area contributed by atoms with E-state index in [1.54, 1.807) is 0 Å². The highest BCUT2D eigenvalue weighted by Crippen LogP contribution is 2.24. The van der Waals surface area contributed by atoms with Crippen LogP contribution >= 0.6 is 0 Å². The van der Waals surface area contributed by atoms with Crippen molar-refractivity contribution >= 4 is 0 Å². The molecule has 1 aliphatic heterocycles.